The molecule has 32 heavy (non-hydrogen) atoms. The minimum absolute atomic E-state index is 0.0108. The van der Waals surface area contributed by atoms with E-state index in [4.69, 9.17) is 9.47 Å². The van der Waals surface area contributed by atoms with Crippen molar-refractivity contribution in [3.63, 3.8) is 0 Å². The highest BCUT2D eigenvalue weighted by atomic mass is 79.9. The van der Waals surface area contributed by atoms with Gasteiger partial charge in [-0.15, -0.1) is 0 Å². The molecule has 0 aliphatic heterocycles. The van der Waals surface area contributed by atoms with Gasteiger partial charge in [0.05, 0.1) is 14.2 Å². The quantitative estimate of drug-likeness (QED) is 0.253. The number of anilines is 1. The normalized spacial score (nSPS) is 12.3. The highest BCUT2D eigenvalue weighted by Crippen LogP contribution is 2.40. The summed E-state index contributed by atoms with van der Waals surface area (Å²) in [4.78, 5) is 13.3. The van der Waals surface area contributed by atoms with E-state index in [0.29, 0.717) is 6.42 Å². The molecule has 5 heteroatoms. The lowest BCUT2D eigenvalue weighted by Crippen LogP contribution is -2.21. The number of methoxy groups -OCH3 is 2. The van der Waals surface area contributed by atoms with Crippen LogP contribution >= 0.6 is 15.9 Å². The molecule has 0 fully saturated rings. The predicted octanol–water partition coefficient (Wildman–Crippen LogP) is 7.59. The Morgan fingerprint density at radius 1 is 1.06 bits per heavy atom. The summed E-state index contributed by atoms with van der Waals surface area (Å²) in [5, 5.41) is 3.96. The molecule has 0 spiro atoms. The van der Waals surface area contributed by atoms with Gasteiger partial charge >= 0.3 is 0 Å². The van der Waals surface area contributed by atoms with E-state index >= 15 is 0 Å². The van der Waals surface area contributed by atoms with Crippen molar-refractivity contribution in [1.29, 1.82) is 0 Å². The van der Waals surface area contributed by atoms with Crippen molar-refractivity contribution >= 4 is 27.5 Å². The van der Waals surface area contributed by atoms with Gasteiger partial charge in [0.2, 0.25) is 5.91 Å². The summed E-state index contributed by atoms with van der Waals surface area (Å²) in [7, 11) is 3.34. The van der Waals surface area contributed by atoms with Crippen LogP contribution in [0.2, 0.25) is 0 Å². The van der Waals surface area contributed by atoms with E-state index in [2.05, 4.69) is 67.1 Å². The standard InChI is InChI=1S/C27H38BrNO3/c1-7-8-9-11-20(26-23(31-5)12-10-13-24(26)32-6)17-25(30)29-22-16-19(18-28)14-15-21(22)27(2,3)4/h10,12-16,20H,7-9,11,17-18H2,1-6H3,(H,29,30). The molecule has 0 bridgehead atoms. The second-order valence-corrected chi connectivity index (χ2v) is 9.85. The van der Waals surface area contributed by atoms with Crippen molar-refractivity contribution in [2.45, 2.75) is 76.5 Å². The molecule has 0 aliphatic carbocycles. The van der Waals surface area contributed by atoms with Crippen molar-refractivity contribution in [3.05, 3.63) is 53.1 Å². The van der Waals surface area contributed by atoms with E-state index in [9.17, 15) is 4.79 Å². The summed E-state index contributed by atoms with van der Waals surface area (Å²) in [5.74, 6) is 1.58. The maximum atomic E-state index is 13.3. The van der Waals surface area contributed by atoms with E-state index in [1.165, 1.54) is 0 Å². The van der Waals surface area contributed by atoms with Gasteiger partial charge in [0.1, 0.15) is 11.5 Å². The molecule has 0 saturated heterocycles. The average Bonchev–Trinajstić information content (AvgIpc) is 2.77. The molecule has 2 rings (SSSR count). The Hall–Kier alpha value is -2.01. The lowest BCUT2D eigenvalue weighted by atomic mass is 9.85. The van der Waals surface area contributed by atoms with E-state index in [-0.39, 0.29) is 17.2 Å². The number of nitrogens with one attached hydrogen (secondary N) is 1. The van der Waals surface area contributed by atoms with Gasteiger partial charge in [-0.3, -0.25) is 4.79 Å². The first-order valence-corrected chi connectivity index (χ1v) is 12.6. The molecule has 0 saturated carbocycles. The van der Waals surface area contributed by atoms with Crippen LogP contribution in [0.5, 0.6) is 11.5 Å². The molecule has 1 amide bonds. The molecule has 1 N–H and O–H groups in total. The SMILES string of the molecule is CCCCCC(CC(=O)Nc1cc(CBr)ccc1C(C)(C)C)c1c(OC)cccc1OC. The number of amides is 1. The van der Waals surface area contributed by atoms with Gasteiger partial charge < -0.3 is 14.8 Å². The number of alkyl halides is 1. The van der Waals surface area contributed by atoms with E-state index < -0.39 is 0 Å². The second kappa shape index (κ2) is 12.3. The lowest BCUT2D eigenvalue weighted by Gasteiger charge is -2.25. The summed E-state index contributed by atoms with van der Waals surface area (Å²) in [6.07, 6.45) is 4.61. The molecule has 4 nitrogen and oxygen atoms in total. The number of rotatable bonds is 11. The molecule has 1 unspecified atom stereocenters. The van der Waals surface area contributed by atoms with Gasteiger partial charge in [0, 0.05) is 23.0 Å². The van der Waals surface area contributed by atoms with E-state index in [0.717, 1.165) is 64.9 Å². The van der Waals surface area contributed by atoms with Crippen LogP contribution in [0, 0.1) is 0 Å². The first-order chi connectivity index (χ1) is 15.2. The van der Waals surface area contributed by atoms with E-state index in [1.54, 1.807) is 14.2 Å². The number of carbonyl (C=O) groups excluding carboxylic acids is 1. The number of carbonyl (C=O) groups is 1. The third kappa shape index (κ3) is 6.99. The molecule has 1 atom stereocenters. The van der Waals surface area contributed by atoms with Crippen LogP contribution in [0.25, 0.3) is 0 Å². The smallest absolute Gasteiger partial charge is 0.224 e. The third-order valence-electron chi connectivity index (χ3n) is 5.78. The Bertz CT molecular complexity index is 867. The van der Waals surface area contributed by atoms with Crippen LogP contribution in [-0.2, 0) is 15.5 Å². The highest BCUT2D eigenvalue weighted by Gasteiger charge is 2.25. The summed E-state index contributed by atoms with van der Waals surface area (Å²) in [6, 6.07) is 12.1. The highest BCUT2D eigenvalue weighted by molar-refractivity contribution is 9.08. The van der Waals surface area contributed by atoms with Crippen molar-refractivity contribution in [1.82, 2.24) is 0 Å². The monoisotopic (exact) mass is 503 g/mol. The molecular formula is C27H38BrNO3. The third-order valence-corrected chi connectivity index (χ3v) is 6.43. The topological polar surface area (TPSA) is 47.6 Å². The van der Waals surface area contributed by atoms with E-state index in [1.807, 2.05) is 18.2 Å². The number of benzene rings is 2. The minimum atomic E-state index is -0.0696. The molecule has 2 aromatic carbocycles. The fourth-order valence-corrected chi connectivity index (χ4v) is 4.48. The summed E-state index contributed by atoms with van der Waals surface area (Å²) in [5.41, 5.74) is 4.07. The lowest BCUT2D eigenvalue weighted by molar-refractivity contribution is -0.116. The average molecular weight is 505 g/mol. The van der Waals surface area contributed by atoms with Gasteiger partial charge in [-0.25, -0.2) is 0 Å². The largest absolute Gasteiger partial charge is 0.496 e. The molecular weight excluding hydrogens is 466 g/mol. The number of hydrogen-bond acceptors (Lipinski definition) is 3. The predicted molar refractivity (Wildman–Crippen MR) is 137 cm³/mol. The Morgan fingerprint density at radius 3 is 2.25 bits per heavy atom. The molecule has 0 aromatic heterocycles. The van der Waals surface area contributed by atoms with Crippen molar-refractivity contribution in [2.75, 3.05) is 19.5 Å². The zero-order valence-corrected chi connectivity index (χ0v) is 22.0. The number of hydrogen-bond donors (Lipinski definition) is 1. The Morgan fingerprint density at radius 2 is 1.72 bits per heavy atom. The summed E-state index contributed by atoms with van der Waals surface area (Å²) >= 11 is 3.53. The zero-order valence-electron chi connectivity index (χ0n) is 20.4. The van der Waals surface area contributed by atoms with Crippen LogP contribution in [0.4, 0.5) is 5.69 Å². The van der Waals surface area contributed by atoms with Gasteiger partial charge in [-0.05, 0) is 47.1 Å². The fraction of sp³-hybridized carbons (Fsp3) is 0.519. The fourth-order valence-electron chi connectivity index (χ4n) is 4.13. The molecule has 0 aliphatic rings. The Labute approximate surface area is 202 Å². The van der Waals surface area contributed by atoms with Crippen LogP contribution < -0.4 is 14.8 Å². The first-order valence-electron chi connectivity index (χ1n) is 11.4. The molecule has 0 heterocycles. The van der Waals surface area contributed by atoms with Gasteiger partial charge in [0.15, 0.2) is 0 Å². The van der Waals surface area contributed by atoms with Gasteiger partial charge in [-0.2, -0.15) is 0 Å². The number of unbranched alkanes of at least 4 members (excludes halogenated alkanes) is 2. The van der Waals surface area contributed by atoms with Crippen molar-refractivity contribution < 1.29 is 14.3 Å². The number of ether oxygens (including phenoxy) is 2. The Kier molecular flexibility index (Phi) is 10.1. The Balaban J connectivity index is 2.35. The molecule has 2 aromatic rings. The van der Waals surface area contributed by atoms with Gasteiger partial charge in [0.25, 0.3) is 0 Å². The maximum absolute atomic E-state index is 13.3. The molecule has 0 radical (unpaired) electrons. The summed E-state index contributed by atoms with van der Waals surface area (Å²) in [6.45, 7) is 8.69. The van der Waals surface area contributed by atoms with Crippen LogP contribution in [0.15, 0.2) is 36.4 Å². The summed E-state index contributed by atoms with van der Waals surface area (Å²) < 4.78 is 11.3. The van der Waals surface area contributed by atoms with Crippen LogP contribution in [-0.4, -0.2) is 20.1 Å². The first kappa shape index (κ1) is 26.2. The number of halogens is 1. The minimum Gasteiger partial charge on any atom is -0.496 e. The van der Waals surface area contributed by atoms with Crippen molar-refractivity contribution in [2.24, 2.45) is 0 Å². The zero-order chi connectivity index (χ0) is 23.7. The maximum Gasteiger partial charge on any atom is 0.224 e. The van der Waals surface area contributed by atoms with Gasteiger partial charge in [-0.1, -0.05) is 81.1 Å². The van der Waals surface area contributed by atoms with Crippen molar-refractivity contribution in [3.8, 4) is 11.5 Å². The molecule has 176 valence electrons. The van der Waals surface area contributed by atoms with Crippen LogP contribution in [0.3, 0.4) is 0 Å². The second-order valence-electron chi connectivity index (χ2n) is 9.28. The van der Waals surface area contributed by atoms with Crippen LogP contribution in [0.1, 0.15) is 82.4 Å².